The average molecular weight is 550 g/mol. The molecule has 1 rings (SSSR count). The second-order valence-corrected chi connectivity index (χ2v) is 10.2. The Bertz CT molecular complexity index is 993. The van der Waals surface area contributed by atoms with E-state index in [9.17, 15) is 29.4 Å². The highest BCUT2D eigenvalue weighted by molar-refractivity contribution is 5.94. The van der Waals surface area contributed by atoms with E-state index < -0.39 is 53.8 Å². The van der Waals surface area contributed by atoms with Crippen LogP contribution in [0.4, 0.5) is 0 Å². The van der Waals surface area contributed by atoms with Gasteiger partial charge in [-0.3, -0.25) is 19.4 Å². The number of phenolic OH excluding ortho intramolecular Hbond substituents is 1. The Labute approximate surface area is 229 Å². The fourth-order valence-corrected chi connectivity index (χ4v) is 3.77. The smallest absolute Gasteiger partial charge is 0.326 e. The molecule has 0 saturated heterocycles. The molecule has 4 unspecified atom stereocenters. The average Bonchev–Trinajstić information content (AvgIpc) is 2.84. The van der Waals surface area contributed by atoms with E-state index >= 15 is 0 Å². The highest BCUT2D eigenvalue weighted by atomic mass is 16.4. The first-order valence-corrected chi connectivity index (χ1v) is 12.9. The Kier molecular flexibility index (Phi) is 13.7. The van der Waals surface area contributed by atoms with E-state index in [-0.39, 0.29) is 43.4 Å². The highest BCUT2D eigenvalue weighted by Gasteiger charge is 2.31. The third kappa shape index (κ3) is 12.5. The van der Waals surface area contributed by atoms with E-state index in [1.165, 1.54) is 12.1 Å². The molecule has 0 aliphatic carbocycles. The number of nitrogens with zero attached hydrogens (tertiary/aromatic N) is 1. The van der Waals surface area contributed by atoms with Crippen molar-refractivity contribution in [2.24, 2.45) is 34.0 Å². The molecule has 13 heteroatoms. The van der Waals surface area contributed by atoms with Crippen LogP contribution >= 0.6 is 0 Å². The predicted octanol–water partition coefficient (Wildman–Crippen LogP) is -0.443. The molecule has 11 N–H and O–H groups in total. The van der Waals surface area contributed by atoms with Crippen LogP contribution in [0.2, 0.25) is 0 Å². The Morgan fingerprint density at radius 2 is 1.46 bits per heavy atom. The normalized spacial score (nSPS) is 14.1. The number of nitrogens with two attached hydrogens (primary N) is 3. The lowest BCUT2D eigenvalue weighted by Gasteiger charge is -2.26. The van der Waals surface area contributed by atoms with Crippen molar-refractivity contribution in [2.45, 2.75) is 77.5 Å². The minimum atomic E-state index is -1.20. The van der Waals surface area contributed by atoms with Crippen LogP contribution in [0, 0.1) is 11.8 Å². The van der Waals surface area contributed by atoms with Gasteiger partial charge in [0, 0.05) is 6.54 Å². The van der Waals surface area contributed by atoms with Crippen LogP contribution in [0.5, 0.6) is 5.75 Å². The summed E-state index contributed by atoms with van der Waals surface area (Å²) in [6, 6.07) is 2.07. The minimum Gasteiger partial charge on any atom is -0.508 e. The summed E-state index contributed by atoms with van der Waals surface area (Å²) in [7, 11) is 0. The topological polar surface area (TPSA) is 235 Å². The molecular weight excluding hydrogens is 506 g/mol. The summed E-state index contributed by atoms with van der Waals surface area (Å²) >= 11 is 0. The van der Waals surface area contributed by atoms with Gasteiger partial charge in [0.1, 0.15) is 23.9 Å². The second-order valence-electron chi connectivity index (χ2n) is 10.2. The van der Waals surface area contributed by atoms with Gasteiger partial charge in [-0.1, -0.05) is 39.8 Å². The molecule has 39 heavy (non-hydrogen) atoms. The number of hydrogen-bond acceptors (Lipinski definition) is 7. The number of rotatable bonds is 16. The first-order chi connectivity index (χ1) is 18.2. The molecule has 0 aromatic heterocycles. The van der Waals surface area contributed by atoms with E-state index in [4.69, 9.17) is 17.2 Å². The number of hydrogen-bond donors (Lipinski definition) is 8. The molecule has 0 radical (unpaired) electrons. The molecule has 4 atom stereocenters. The lowest BCUT2D eigenvalue weighted by Crippen LogP contribution is -2.58. The van der Waals surface area contributed by atoms with Gasteiger partial charge in [0.25, 0.3) is 0 Å². The van der Waals surface area contributed by atoms with Crippen molar-refractivity contribution >= 4 is 29.7 Å². The Balaban J connectivity index is 3.02. The van der Waals surface area contributed by atoms with E-state index in [0.717, 1.165) is 5.56 Å². The summed E-state index contributed by atoms with van der Waals surface area (Å²) in [6.45, 7) is 7.26. The number of aromatic hydroxyl groups is 1. The SMILES string of the molecule is CC(C)CC(NC(=O)C(N)Cc1ccc(O)cc1)C(=O)NC(CCCN=C(N)N)C(=O)NC(C(=O)O)C(C)C. The summed E-state index contributed by atoms with van der Waals surface area (Å²) in [4.78, 5) is 54.6. The fourth-order valence-electron chi connectivity index (χ4n) is 3.77. The van der Waals surface area contributed by atoms with Crippen LogP contribution in [-0.2, 0) is 25.6 Å². The van der Waals surface area contributed by atoms with E-state index in [0.29, 0.717) is 6.42 Å². The van der Waals surface area contributed by atoms with Crippen LogP contribution in [0.25, 0.3) is 0 Å². The summed E-state index contributed by atoms with van der Waals surface area (Å²) in [5.41, 5.74) is 17.5. The fraction of sp³-hybridized carbons (Fsp3) is 0.577. The summed E-state index contributed by atoms with van der Waals surface area (Å²) in [6.07, 6.45) is 0.912. The van der Waals surface area contributed by atoms with Crippen molar-refractivity contribution in [3.8, 4) is 5.75 Å². The Hall–Kier alpha value is -3.87. The number of benzene rings is 1. The third-order valence-electron chi connectivity index (χ3n) is 5.88. The standard InChI is InChI=1S/C26H43N7O6/c1-14(2)12-20(32-22(35)18(27)13-16-7-9-17(34)10-8-16)24(37)31-19(6-5-11-30-26(28)29)23(36)33-21(15(3)4)25(38)39/h7-10,14-15,18-21,34H,5-6,11-13,27H2,1-4H3,(H,31,37)(H,32,35)(H,33,36)(H,38,39)(H4,28,29,30). The molecule has 3 amide bonds. The molecule has 1 aromatic rings. The maximum Gasteiger partial charge on any atom is 0.326 e. The van der Waals surface area contributed by atoms with Gasteiger partial charge >= 0.3 is 5.97 Å². The van der Waals surface area contributed by atoms with Crippen molar-refractivity contribution in [2.75, 3.05) is 6.54 Å². The Morgan fingerprint density at radius 3 is 1.97 bits per heavy atom. The van der Waals surface area contributed by atoms with Crippen LogP contribution in [0.3, 0.4) is 0 Å². The number of nitrogens with one attached hydrogen (secondary N) is 3. The van der Waals surface area contributed by atoms with Gasteiger partial charge in [0.05, 0.1) is 6.04 Å². The van der Waals surface area contributed by atoms with Gasteiger partial charge in [-0.25, -0.2) is 4.79 Å². The zero-order valence-electron chi connectivity index (χ0n) is 23.0. The van der Waals surface area contributed by atoms with Crippen molar-refractivity contribution in [3.63, 3.8) is 0 Å². The number of aliphatic carboxylic acids is 1. The second kappa shape index (κ2) is 16.2. The van der Waals surface area contributed by atoms with Crippen LogP contribution in [0.1, 0.15) is 52.5 Å². The van der Waals surface area contributed by atoms with Crippen molar-refractivity contribution in [1.29, 1.82) is 0 Å². The number of carboxylic acid groups (broad SMARTS) is 1. The number of carboxylic acids is 1. The number of guanidine groups is 1. The first kappa shape index (κ1) is 33.2. The molecular formula is C26H43N7O6. The monoisotopic (exact) mass is 549 g/mol. The molecule has 0 aliphatic heterocycles. The van der Waals surface area contributed by atoms with Gasteiger partial charge in [-0.15, -0.1) is 0 Å². The largest absolute Gasteiger partial charge is 0.508 e. The molecule has 0 saturated carbocycles. The Morgan fingerprint density at radius 1 is 0.897 bits per heavy atom. The number of aliphatic imine (C=N–C) groups is 1. The van der Waals surface area contributed by atoms with Crippen LogP contribution in [-0.4, -0.2) is 70.6 Å². The molecule has 1 aromatic carbocycles. The molecule has 0 heterocycles. The summed E-state index contributed by atoms with van der Waals surface area (Å²) < 4.78 is 0. The molecule has 0 fully saturated rings. The molecule has 13 nitrogen and oxygen atoms in total. The van der Waals surface area contributed by atoms with Crippen LogP contribution < -0.4 is 33.2 Å². The van der Waals surface area contributed by atoms with Gasteiger partial charge in [0.15, 0.2) is 5.96 Å². The lowest BCUT2D eigenvalue weighted by atomic mass is 10.00. The zero-order valence-corrected chi connectivity index (χ0v) is 23.0. The van der Waals surface area contributed by atoms with E-state index in [2.05, 4.69) is 20.9 Å². The number of carbonyl (C=O) groups is 4. The molecule has 0 bridgehead atoms. The molecule has 0 aliphatic rings. The van der Waals surface area contributed by atoms with Crippen molar-refractivity contribution in [1.82, 2.24) is 16.0 Å². The van der Waals surface area contributed by atoms with Crippen molar-refractivity contribution < 1.29 is 29.4 Å². The maximum atomic E-state index is 13.3. The third-order valence-corrected chi connectivity index (χ3v) is 5.88. The van der Waals surface area contributed by atoms with E-state index in [1.54, 1.807) is 26.0 Å². The number of carbonyl (C=O) groups excluding carboxylic acids is 3. The summed E-state index contributed by atoms with van der Waals surface area (Å²) in [5, 5.41) is 26.7. The minimum absolute atomic E-state index is 0.0147. The lowest BCUT2D eigenvalue weighted by molar-refractivity contribution is -0.143. The number of amides is 3. The first-order valence-electron chi connectivity index (χ1n) is 12.9. The van der Waals surface area contributed by atoms with E-state index in [1.807, 2.05) is 13.8 Å². The van der Waals surface area contributed by atoms with Gasteiger partial charge in [-0.05, 0) is 55.2 Å². The van der Waals surface area contributed by atoms with Gasteiger partial charge in [0.2, 0.25) is 17.7 Å². The van der Waals surface area contributed by atoms with Crippen LogP contribution in [0.15, 0.2) is 29.3 Å². The quantitative estimate of drug-likeness (QED) is 0.0756. The predicted molar refractivity (Wildman–Crippen MR) is 147 cm³/mol. The number of phenols is 1. The van der Waals surface area contributed by atoms with Gasteiger partial charge in [-0.2, -0.15) is 0 Å². The summed E-state index contributed by atoms with van der Waals surface area (Å²) in [5.74, 6) is -3.44. The van der Waals surface area contributed by atoms with Gasteiger partial charge < -0.3 is 43.4 Å². The maximum absolute atomic E-state index is 13.3. The molecule has 218 valence electrons. The highest BCUT2D eigenvalue weighted by Crippen LogP contribution is 2.12. The molecule has 0 spiro atoms. The zero-order chi connectivity index (χ0) is 29.7. The van der Waals surface area contributed by atoms with Crippen molar-refractivity contribution in [3.05, 3.63) is 29.8 Å².